The molecule has 7 heteroatoms. The van der Waals surface area contributed by atoms with Crippen molar-refractivity contribution in [3.8, 4) is 0 Å². The van der Waals surface area contributed by atoms with Crippen LogP contribution in [0.4, 0.5) is 5.69 Å². The number of oxime groups is 1. The van der Waals surface area contributed by atoms with Crippen molar-refractivity contribution in [2.75, 3.05) is 11.4 Å². The Morgan fingerprint density at radius 1 is 1.56 bits per heavy atom. The Labute approximate surface area is 117 Å². The molecule has 2 aromatic rings. The van der Waals surface area contributed by atoms with Gasteiger partial charge in [0.05, 0.1) is 11.3 Å². The molecule has 2 rings (SSSR count). The monoisotopic (exact) mass is 328 g/mol. The first-order valence-electron chi connectivity index (χ1n) is 4.89. The lowest BCUT2D eigenvalue weighted by Gasteiger charge is -2.12. The maximum absolute atomic E-state index is 11.1. The number of hydrogen-bond donors (Lipinski definition) is 2. The molecular weight excluding hydrogens is 320 g/mol. The van der Waals surface area contributed by atoms with Gasteiger partial charge >= 0.3 is 0 Å². The van der Waals surface area contributed by atoms with Gasteiger partial charge in [0.2, 0.25) is 0 Å². The van der Waals surface area contributed by atoms with E-state index in [1.807, 2.05) is 0 Å². The molecule has 5 nitrogen and oxygen atoms in total. The summed E-state index contributed by atoms with van der Waals surface area (Å²) in [6.07, 6.45) is 1.75. The first kappa shape index (κ1) is 13.0. The predicted molar refractivity (Wildman–Crippen MR) is 76.1 cm³/mol. The molecular formula is C11H9BrN2O3S. The Hall–Kier alpha value is -1.47. The SMILES string of the molecule is CN(S)c1cc2oc(/C=N/O)c(C=O)c2cc1Br. The summed E-state index contributed by atoms with van der Waals surface area (Å²) < 4.78 is 7.85. The molecule has 0 radical (unpaired) electrons. The summed E-state index contributed by atoms with van der Waals surface area (Å²) in [5, 5.41) is 12.0. The summed E-state index contributed by atoms with van der Waals surface area (Å²) in [6.45, 7) is 0. The van der Waals surface area contributed by atoms with Gasteiger partial charge in [0.25, 0.3) is 0 Å². The minimum absolute atomic E-state index is 0.216. The number of nitrogens with zero attached hydrogens (tertiary/aromatic N) is 2. The predicted octanol–water partition coefficient (Wildman–Crippen LogP) is 3.10. The number of furan rings is 1. The zero-order valence-electron chi connectivity index (χ0n) is 9.29. The van der Waals surface area contributed by atoms with Crippen molar-refractivity contribution < 1.29 is 14.4 Å². The van der Waals surface area contributed by atoms with E-state index in [1.165, 1.54) is 0 Å². The summed E-state index contributed by atoms with van der Waals surface area (Å²) in [4.78, 5) is 11.1. The first-order chi connectivity index (χ1) is 8.58. The number of carbonyl (C=O) groups is 1. The highest BCUT2D eigenvalue weighted by Gasteiger charge is 2.15. The fraction of sp³-hybridized carbons (Fsp3) is 0.0909. The second-order valence-electron chi connectivity index (χ2n) is 3.57. The summed E-state index contributed by atoms with van der Waals surface area (Å²) in [7, 11) is 1.77. The number of thiol groups is 1. The third kappa shape index (κ3) is 2.11. The van der Waals surface area contributed by atoms with E-state index in [2.05, 4.69) is 33.9 Å². The number of aldehydes is 1. The maximum Gasteiger partial charge on any atom is 0.160 e. The van der Waals surface area contributed by atoms with Gasteiger partial charge in [-0.1, -0.05) is 18.0 Å². The van der Waals surface area contributed by atoms with Crippen LogP contribution in [0.25, 0.3) is 11.0 Å². The molecule has 0 aliphatic heterocycles. The zero-order valence-corrected chi connectivity index (χ0v) is 11.8. The summed E-state index contributed by atoms with van der Waals surface area (Å²) in [6, 6.07) is 3.51. The molecule has 94 valence electrons. The van der Waals surface area contributed by atoms with Crippen LogP contribution < -0.4 is 4.31 Å². The quantitative estimate of drug-likeness (QED) is 0.299. The van der Waals surface area contributed by atoms with Crippen LogP contribution in [-0.2, 0) is 0 Å². The van der Waals surface area contributed by atoms with Crippen molar-refractivity contribution in [2.24, 2.45) is 5.16 Å². The molecule has 0 saturated heterocycles. The highest BCUT2D eigenvalue weighted by molar-refractivity contribution is 9.10. The van der Waals surface area contributed by atoms with Crippen LogP contribution in [0.3, 0.4) is 0 Å². The summed E-state index contributed by atoms with van der Waals surface area (Å²) in [5.74, 6) is 0.216. The molecule has 0 amide bonds. The second-order valence-corrected chi connectivity index (χ2v) is 5.02. The van der Waals surface area contributed by atoms with Crippen LogP contribution >= 0.6 is 28.7 Å². The van der Waals surface area contributed by atoms with Gasteiger partial charge in [-0.15, -0.1) is 0 Å². The van der Waals surface area contributed by atoms with Gasteiger partial charge in [0, 0.05) is 23.0 Å². The number of hydrogen-bond acceptors (Lipinski definition) is 6. The molecule has 0 aliphatic carbocycles. The highest BCUT2D eigenvalue weighted by Crippen LogP contribution is 2.34. The average Bonchev–Trinajstić information content (AvgIpc) is 2.64. The van der Waals surface area contributed by atoms with Gasteiger partial charge in [-0.3, -0.25) is 4.79 Å². The number of halogens is 1. The molecule has 1 aromatic carbocycles. The topological polar surface area (TPSA) is 66.0 Å². The lowest BCUT2D eigenvalue weighted by molar-refractivity contribution is 0.112. The van der Waals surface area contributed by atoms with Crippen molar-refractivity contribution in [1.82, 2.24) is 0 Å². The van der Waals surface area contributed by atoms with Crippen molar-refractivity contribution in [3.63, 3.8) is 0 Å². The molecule has 1 aromatic heterocycles. The van der Waals surface area contributed by atoms with Crippen LogP contribution in [0.2, 0.25) is 0 Å². The molecule has 0 atom stereocenters. The third-order valence-corrected chi connectivity index (χ3v) is 3.32. The first-order valence-corrected chi connectivity index (χ1v) is 6.09. The molecule has 0 saturated carbocycles. The van der Waals surface area contributed by atoms with Gasteiger partial charge in [-0.2, -0.15) is 0 Å². The molecule has 18 heavy (non-hydrogen) atoms. The number of benzene rings is 1. The molecule has 0 unspecified atom stereocenters. The molecule has 1 N–H and O–H groups in total. The minimum Gasteiger partial charge on any atom is -0.454 e. The third-order valence-electron chi connectivity index (χ3n) is 2.47. The van der Waals surface area contributed by atoms with Gasteiger partial charge in [-0.05, 0) is 22.0 Å². The fourth-order valence-corrected chi connectivity index (χ4v) is 2.57. The number of carbonyl (C=O) groups excluding carboxylic acids is 1. The van der Waals surface area contributed by atoms with E-state index in [0.717, 1.165) is 16.4 Å². The van der Waals surface area contributed by atoms with Gasteiger partial charge < -0.3 is 13.9 Å². The van der Waals surface area contributed by atoms with E-state index in [1.54, 1.807) is 23.5 Å². The Bertz CT molecular complexity index is 637. The van der Waals surface area contributed by atoms with Crippen molar-refractivity contribution in [1.29, 1.82) is 0 Å². The van der Waals surface area contributed by atoms with Crippen LogP contribution in [0.1, 0.15) is 16.1 Å². The Kier molecular flexibility index (Phi) is 3.63. The zero-order chi connectivity index (χ0) is 13.3. The van der Waals surface area contributed by atoms with E-state index in [9.17, 15) is 4.79 Å². The lowest BCUT2D eigenvalue weighted by Crippen LogP contribution is -2.01. The van der Waals surface area contributed by atoms with E-state index < -0.39 is 0 Å². The van der Waals surface area contributed by atoms with E-state index >= 15 is 0 Å². The van der Waals surface area contributed by atoms with Crippen LogP contribution in [0.15, 0.2) is 26.2 Å². The van der Waals surface area contributed by atoms with E-state index in [0.29, 0.717) is 22.8 Å². The Morgan fingerprint density at radius 2 is 2.28 bits per heavy atom. The maximum atomic E-state index is 11.1. The van der Waals surface area contributed by atoms with Crippen LogP contribution in [0, 0.1) is 0 Å². The fourth-order valence-electron chi connectivity index (χ4n) is 1.66. The number of rotatable bonds is 3. The van der Waals surface area contributed by atoms with Crippen molar-refractivity contribution in [2.45, 2.75) is 0 Å². The Morgan fingerprint density at radius 3 is 2.83 bits per heavy atom. The summed E-state index contributed by atoms with van der Waals surface area (Å²) in [5.41, 5.74) is 1.66. The van der Waals surface area contributed by atoms with Gasteiger partial charge in [0.15, 0.2) is 12.0 Å². The minimum atomic E-state index is 0.216. The van der Waals surface area contributed by atoms with Crippen LogP contribution in [-0.4, -0.2) is 24.8 Å². The molecule has 0 aliphatic rings. The van der Waals surface area contributed by atoms with Gasteiger partial charge in [0.1, 0.15) is 11.8 Å². The number of anilines is 1. The van der Waals surface area contributed by atoms with E-state index in [-0.39, 0.29) is 5.76 Å². The smallest absolute Gasteiger partial charge is 0.160 e. The molecule has 0 fully saturated rings. The van der Waals surface area contributed by atoms with Gasteiger partial charge in [-0.25, -0.2) is 0 Å². The second kappa shape index (κ2) is 5.03. The largest absolute Gasteiger partial charge is 0.454 e. The lowest BCUT2D eigenvalue weighted by atomic mass is 10.1. The number of fused-ring (bicyclic) bond motifs is 1. The Balaban J connectivity index is 2.76. The highest BCUT2D eigenvalue weighted by atomic mass is 79.9. The van der Waals surface area contributed by atoms with Crippen molar-refractivity contribution >= 4 is 57.9 Å². The van der Waals surface area contributed by atoms with Crippen LogP contribution in [0.5, 0.6) is 0 Å². The summed E-state index contributed by atoms with van der Waals surface area (Å²) >= 11 is 7.60. The van der Waals surface area contributed by atoms with Crippen molar-refractivity contribution in [3.05, 3.63) is 27.9 Å². The standard InChI is InChI=1S/C11H9BrN2O3S/c1-14(18)9-3-10-6(2-8(9)12)7(5-15)11(17-10)4-13-16/h2-5,16,18H,1H3/b13-4+. The normalized spacial score (nSPS) is 11.3. The molecule has 0 spiro atoms. The average molecular weight is 329 g/mol. The molecule has 1 heterocycles. The molecule has 0 bridgehead atoms. The van der Waals surface area contributed by atoms with E-state index in [4.69, 9.17) is 9.62 Å².